The molecule has 11 heteroatoms. The second-order valence-electron chi connectivity index (χ2n) is 10.6. The van der Waals surface area contributed by atoms with Gasteiger partial charge in [-0.3, -0.25) is 29.5 Å². The Morgan fingerprint density at radius 1 is 1.00 bits per heavy atom. The van der Waals surface area contributed by atoms with Crippen LogP contribution in [-0.4, -0.2) is 41.0 Å². The first-order valence-corrected chi connectivity index (χ1v) is 13.5. The number of pyridine rings is 1. The second-order valence-corrected chi connectivity index (χ2v) is 10.6. The van der Waals surface area contributed by atoms with Crippen LogP contribution in [0.2, 0.25) is 0 Å². The number of hydrogen-bond acceptors (Lipinski definition) is 8. The second kappa shape index (κ2) is 9.69. The summed E-state index contributed by atoms with van der Waals surface area (Å²) in [5.41, 5.74) is 5.07. The van der Waals surface area contributed by atoms with Crippen molar-refractivity contribution in [2.75, 3.05) is 12.0 Å². The molecule has 1 fully saturated rings. The van der Waals surface area contributed by atoms with Crippen LogP contribution in [0.25, 0.3) is 0 Å². The van der Waals surface area contributed by atoms with Crippen molar-refractivity contribution in [3.8, 4) is 5.75 Å². The molecule has 8 rings (SSSR count). The lowest BCUT2D eigenvalue weighted by atomic mass is 9.47. The number of nitro groups is 1. The number of carbonyl (C=O) groups excluding carboxylic acids is 3. The molecule has 0 radical (unpaired) electrons. The zero-order valence-electron chi connectivity index (χ0n) is 22.7. The fraction of sp³-hybridized carbons (Fsp3) is 0.156. The predicted molar refractivity (Wildman–Crippen MR) is 155 cm³/mol. The van der Waals surface area contributed by atoms with Gasteiger partial charge in [0.1, 0.15) is 5.75 Å². The van der Waals surface area contributed by atoms with E-state index in [4.69, 9.17) is 4.74 Å². The van der Waals surface area contributed by atoms with Crippen molar-refractivity contribution in [2.45, 2.75) is 11.3 Å². The van der Waals surface area contributed by atoms with Crippen LogP contribution in [0.3, 0.4) is 0 Å². The minimum absolute atomic E-state index is 0.0317. The van der Waals surface area contributed by atoms with E-state index in [1.807, 2.05) is 48.5 Å². The molecule has 3 amide bonds. The number of imide groups is 1. The van der Waals surface area contributed by atoms with Gasteiger partial charge in [-0.05, 0) is 40.5 Å². The van der Waals surface area contributed by atoms with Gasteiger partial charge in [0.2, 0.25) is 11.8 Å². The first kappa shape index (κ1) is 26.2. The summed E-state index contributed by atoms with van der Waals surface area (Å²) in [5.74, 6) is -3.45. The SMILES string of the molecule is COc1cc([N+](=O)[O-])ccc1N1C(=O)[C@H]2C3c4ccccc4C(/C=N\NC(=O)c4ccncc4)(c4ccccc43)[C@H]2C1=O. The lowest BCUT2D eigenvalue weighted by molar-refractivity contribution is -0.384. The Bertz CT molecular complexity index is 1830. The number of nitro benzene ring substituents is 1. The van der Waals surface area contributed by atoms with E-state index in [0.29, 0.717) is 5.56 Å². The van der Waals surface area contributed by atoms with Gasteiger partial charge in [0.05, 0.1) is 41.0 Å². The topological polar surface area (TPSA) is 144 Å². The average Bonchev–Trinajstić information content (AvgIpc) is 3.31. The maximum atomic E-state index is 14.5. The van der Waals surface area contributed by atoms with Crippen molar-refractivity contribution in [2.24, 2.45) is 16.9 Å². The number of hydrazone groups is 1. The Morgan fingerprint density at radius 2 is 1.65 bits per heavy atom. The van der Waals surface area contributed by atoms with Gasteiger partial charge >= 0.3 is 0 Å². The summed E-state index contributed by atoms with van der Waals surface area (Å²) in [6.45, 7) is 0. The van der Waals surface area contributed by atoms with Gasteiger partial charge in [-0.15, -0.1) is 0 Å². The number of hydrogen-bond donors (Lipinski definition) is 1. The van der Waals surface area contributed by atoms with E-state index in [1.54, 1.807) is 18.3 Å². The van der Waals surface area contributed by atoms with Gasteiger partial charge in [-0.1, -0.05) is 48.5 Å². The number of aromatic nitrogens is 1. The third kappa shape index (κ3) is 3.64. The van der Waals surface area contributed by atoms with E-state index in [2.05, 4.69) is 15.5 Å². The third-order valence-corrected chi connectivity index (χ3v) is 8.68. The van der Waals surface area contributed by atoms with E-state index in [0.717, 1.165) is 27.2 Å². The Balaban J connectivity index is 1.41. The third-order valence-electron chi connectivity index (χ3n) is 8.68. The van der Waals surface area contributed by atoms with E-state index in [-0.39, 0.29) is 17.1 Å². The summed E-state index contributed by atoms with van der Waals surface area (Å²) in [6, 6.07) is 22.2. The fourth-order valence-corrected chi connectivity index (χ4v) is 7.01. The number of rotatable bonds is 6. The lowest BCUT2D eigenvalue weighted by Gasteiger charge is -2.52. The van der Waals surface area contributed by atoms with E-state index >= 15 is 0 Å². The number of ether oxygens (including phenoxy) is 1. The summed E-state index contributed by atoms with van der Waals surface area (Å²) in [7, 11) is 1.33. The normalized spacial score (nSPS) is 23.1. The Labute approximate surface area is 245 Å². The number of non-ortho nitro benzene ring substituents is 1. The van der Waals surface area contributed by atoms with Crippen molar-refractivity contribution in [1.29, 1.82) is 0 Å². The van der Waals surface area contributed by atoms with Crippen LogP contribution >= 0.6 is 0 Å². The van der Waals surface area contributed by atoms with Crippen LogP contribution in [0.5, 0.6) is 5.75 Å². The predicted octanol–water partition coefficient (Wildman–Crippen LogP) is 3.97. The highest BCUT2D eigenvalue weighted by atomic mass is 16.6. The minimum Gasteiger partial charge on any atom is -0.494 e. The Morgan fingerprint density at radius 3 is 2.28 bits per heavy atom. The van der Waals surface area contributed by atoms with Gasteiger partial charge in [0, 0.05) is 36.2 Å². The number of benzene rings is 3. The molecule has 4 aromatic rings. The molecule has 43 heavy (non-hydrogen) atoms. The molecule has 2 heterocycles. The molecule has 2 atom stereocenters. The van der Waals surface area contributed by atoms with Crippen molar-refractivity contribution >= 4 is 35.3 Å². The molecule has 1 N–H and O–H groups in total. The fourth-order valence-electron chi connectivity index (χ4n) is 7.01. The number of amides is 3. The Hall–Kier alpha value is -5.71. The van der Waals surface area contributed by atoms with Crippen LogP contribution in [0.1, 0.15) is 38.5 Å². The van der Waals surface area contributed by atoms with Crippen molar-refractivity contribution < 1.29 is 24.0 Å². The number of nitrogens with zero attached hydrogens (tertiary/aromatic N) is 4. The molecular formula is C32H23N5O6. The van der Waals surface area contributed by atoms with Gasteiger partial charge < -0.3 is 4.74 Å². The summed E-state index contributed by atoms with van der Waals surface area (Å²) in [4.78, 5) is 57.6. The van der Waals surface area contributed by atoms with Gasteiger partial charge in [0.25, 0.3) is 11.6 Å². The molecule has 3 aromatic carbocycles. The molecule has 212 valence electrons. The van der Waals surface area contributed by atoms with E-state index in [1.165, 1.54) is 37.7 Å². The first-order chi connectivity index (χ1) is 20.9. The zero-order valence-corrected chi connectivity index (χ0v) is 22.7. The first-order valence-electron chi connectivity index (χ1n) is 13.5. The molecular weight excluding hydrogens is 550 g/mol. The summed E-state index contributed by atoms with van der Waals surface area (Å²) < 4.78 is 5.42. The monoisotopic (exact) mass is 573 g/mol. The van der Waals surface area contributed by atoms with Crippen molar-refractivity contribution in [3.05, 3.63) is 129 Å². The van der Waals surface area contributed by atoms with E-state index < -0.39 is 45.8 Å². The average molecular weight is 574 g/mol. The minimum atomic E-state index is -1.20. The highest BCUT2D eigenvalue weighted by Crippen LogP contribution is 2.64. The summed E-state index contributed by atoms with van der Waals surface area (Å²) >= 11 is 0. The van der Waals surface area contributed by atoms with Crippen LogP contribution in [0.4, 0.5) is 11.4 Å². The van der Waals surface area contributed by atoms with E-state index in [9.17, 15) is 24.5 Å². The molecule has 3 aliphatic carbocycles. The summed E-state index contributed by atoms with van der Waals surface area (Å²) in [5, 5.41) is 15.8. The maximum absolute atomic E-state index is 14.5. The van der Waals surface area contributed by atoms with Crippen LogP contribution in [-0.2, 0) is 15.0 Å². The molecule has 1 saturated heterocycles. The zero-order chi connectivity index (χ0) is 29.9. The molecule has 1 aliphatic heterocycles. The molecule has 4 aliphatic rings. The lowest BCUT2D eigenvalue weighted by Crippen LogP contribution is -2.54. The smallest absolute Gasteiger partial charge is 0.273 e. The summed E-state index contributed by atoms with van der Waals surface area (Å²) in [6.07, 6.45) is 4.57. The van der Waals surface area contributed by atoms with Gasteiger partial charge in [0.15, 0.2) is 0 Å². The van der Waals surface area contributed by atoms with Crippen LogP contribution in [0, 0.1) is 22.0 Å². The molecule has 2 bridgehead atoms. The van der Waals surface area contributed by atoms with Gasteiger partial charge in [-0.25, -0.2) is 10.3 Å². The molecule has 1 aromatic heterocycles. The standard InChI is InChI=1S/C32H23N5O6/c1-43-25-16-19(37(41)42)10-11-24(25)36-30(39)27-26-20-6-2-4-8-22(20)32(28(27)31(36)40,23-9-5-3-7-21(23)26)17-34-35-29(38)18-12-14-33-15-13-18/h2-17,26-28H,1H3,(H,35,38)/b34-17-/t26?,27-,28+,32?/m0/s1. The number of methoxy groups -OCH3 is 1. The van der Waals surface area contributed by atoms with Crippen molar-refractivity contribution in [1.82, 2.24) is 10.4 Å². The quantitative estimate of drug-likeness (QED) is 0.159. The molecule has 11 nitrogen and oxygen atoms in total. The number of carbonyl (C=O) groups is 3. The maximum Gasteiger partial charge on any atom is 0.273 e. The van der Waals surface area contributed by atoms with Gasteiger partial charge in [-0.2, -0.15) is 5.10 Å². The molecule has 0 saturated carbocycles. The largest absolute Gasteiger partial charge is 0.494 e. The van der Waals surface area contributed by atoms with Crippen molar-refractivity contribution in [3.63, 3.8) is 0 Å². The number of nitrogens with one attached hydrogen (secondary N) is 1. The highest BCUT2D eigenvalue weighted by Gasteiger charge is 2.68. The van der Waals surface area contributed by atoms with Crippen LogP contribution < -0.4 is 15.1 Å². The molecule has 0 spiro atoms. The highest BCUT2D eigenvalue weighted by molar-refractivity contribution is 6.25. The van der Waals surface area contributed by atoms with Crippen LogP contribution in [0.15, 0.2) is 96.4 Å². The number of anilines is 1. The Kier molecular flexibility index (Phi) is 5.91. The molecule has 0 unspecified atom stereocenters.